The fourth-order valence-electron chi connectivity index (χ4n) is 4.95. The van der Waals surface area contributed by atoms with E-state index in [0.717, 1.165) is 49.9 Å². The Kier molecular flexibility index (Phi) is 6.69. The van der Waals surface area contributed by atoms with Crippen LogP contribution in [-0.2, 0) is 12.8 Å². The van der Waals surface area contributed by atoms with Gasteiger partial charge in [0.2, 0.25) is 0 Å². The molecule has 2 heterocycles. The molecule has 1 saturated heterocycles. The van der Waals surface area contributed by atoms with Gasteiger partial charge in [-0.2, -0.15) is 0 Å². The van der Waals surface area contributed by atoms with Gasteiger partial charge in [-0.3, -0.25) is 9.59 Å². The van der Waals surface area contributed by atoms with Gasteiger partial charge in [0.25, 0.3) is 11.8 Å². The lowest BCUT2D eigenvalue weighted by molar-refractivity contribution is 0.0683. The standard InChI is InChI=1S/C26H33ClN2O2S/c1-16-6-5-13-29(15-16)25(31)22-20-12-9-18(26(2,3)4)14-21(20)32-24(22)28-23(30)17-7-10-19(27)11-8-17/h7-8,10-11,16,18H,5-6,9,12-15H2,1-4H3,(H,28,30). The average molecular weight is 473 g/mol. The Hall–Kier alpha value is -1.85. The summed E-state index contributed by atoms with van der Waals surface area (Å²) < 4.78 is 0. The molecular formula is C26H33ClN2O2S. The summed E-state index contributed by atoms with van der Waals surface area (Å²) in [7, 11) is 0. The number of hydrogen-bond acceptors (Lipinski definition) is 3. The number of piperidine rings is 1. The Morgan fingerprint density at radius 2 is 1.88 bits per heavy atom. The number of carbonyl (C=O) groups is 2. The molecule has 32 heavy (non-hydrogen) atoms. The van der Waals surface area contributed by atoms with Crippen LogP contribution in [0.4, 0.5) is 5.00 Å². The molecule has 172 valence electrons. The minimum atomic E-state index is -0.200. The fourth-order valence-corrected chi connectivity index (χ4v) is 6.39. The predicted molar refractivity (Wildman–Crippen MR) is 133 cm³/mol. The van der Waals surface area contributed by atoms with Crippen LogP contribution in [0.15, 0.2) is 24.3 Å². The second kappa shape index (κ2) is 9.18. The molecule has 0 spiro atoms. The van der Waals surface area contributed by atoms with Crippen molar-refractivity contribution in [1.29, 1.82) is 0 Å². The number of hydrogen-bond donors (Lipinski definition) is 1. The number of fused-ring (bicyclic) bond motifs is 1. The third kappa shape index (κ3) is 4.89. The molecule has 2 unspecified atom stereocenters. The van der Waals surface area contributed by atoms with E-state index in [1.165, 1.54) is 11.3 Å². The molecule has 2 aliphatic rings. The first-order chi connectivity index (χ1) is 15.1. The zero-order valence-electron chi connectivity index (χ0n) is 19.5. The van der Waals surface area contributed by atoms with Gasteiger partial charge in [-0.1, -0.05) is 39.3 Å². The number of likely N-dealkylation sites (tertiary alicyclic amines) is 1. The topological polar surface area (TPSA) is 49.4 Å². The molecule has 1 aromatic carbocycles. The summed E-state index contributed by atoms with van der Waals surface area (Å²) in [6.07, 6.45) is 5.15. The number of nitrogens with one attached hydrogen (secondary N) is 1. The summed E-state index contributed by atoms with van der Waals surface area (Å²) in [5, 5.41) is 4.37. The third-order valence-electron chi connectivity index (χ3n) is 6.98. The van der Waals surface area contributed by atoms with Crippen LogP contribution < -0.4 is 5.32 Å². The number of benzene rings is 1. The number of thiophene rings is 1. The van der Waals surface area contributed by atoms with Gasteiger partial charge in [-0.15, -0.1) is 11.3 Å². The molecule has 2 atom stereocenters. The van der Waals surface area contributed by atoms with Crippen molar-refractivity contribution < 1.29 is 9.59 Å². The molecule has 0 radical (unpaired) electrons. The van der Waals surface area contributed by atoms with Gasteiger partial charge in [-0.25, -0.2) is 0 Å². The molecule has 4 rings (SSSR count). The fraction of sp³-hybridized carbons (Fsp3) is 0.538. The largest absolute Gasteiger partial charge is 0.338 e. The lowest BCUT2D eigenvalue weighted by Crippen LogP contribution is -2.39. The summed E-state index contributed by atoms with van der Waals surface area (Å²) in [5.74, 6) is 0.967. The zero-order chi connectivity index (χ0) is 23.0. The molecule has 2 aromatic rings. The van der Waals surface area contributed by atoms with Crippen LogP contribution in [0.1, 0.15) is 78.1 Å². The number of carbonyl (C=O) groups excluding carboxylic acids is 2. The summed E-state index contributed by atoms with van der Waals surface area (Å²) in [4.78, 5) is 29.9. The first-order valence-electron chi connectivity index (χ1n) is 11.6. The molecule has 6 heteroatoms. The second-order valence-corrected chi connectivity index (χ2v) is 12.0. The summed E-state index contributed by atoms with van der Waals surface area (Å²) in [6.45, 7) is 10.7. The first kappa shape index (κ1) is 23.3. The van der Waals surface area contributed by atoms with Crippen molar-refractivity contribution in [3.63, 3.8) is 0 Å². The van der Waals surface area contributed by atoms with Gasteiger partial charge < -0.3 is 10.2 Å². The molecule has 1 aliphatic heterocycles. The summed E-state index contributed by atoms with van der Waals surface area (Å²) in [6, 6.07) is 6.86. The quantitative estimate of drug-likeness (QED) is 0.541. The molecule has 1 aliphatic carbocycles. The molecule has 2 amide bonds. The Morgan fingerprint density at radius 1 is 1.16 bits per heavy atom. The van der Waals surface area contributed by atoms with Crippen LogP contribution in [-0.4, -0.2) is 29.8 Å². The van der Waals surface area contributed by atoms with Gasteiger partial charge in [-0.05, 0) is 79.2 Å². The van der Waals surface area contributed by atoms with Gasteiger partial charge >= 0.3 is 0 Å². The number of halogens is 1. The normalized spacial score (nSPS) is 21.2. The zero-order valence-corrected chi connectivity index (χ0v) is 21.0. The SMILES string of the molecule is CC1CCCN(C(=O)c2c(NC(=O)c3ccc(Cl)cc3)sc3c2CCC(C(C)(C)C)C3)C1. The van der Waals surface area contributed by atoms with Crippen LogP contribution in [0.25, 0.3) is 0 Å². The van der Waals surface area contributed by atoms with E-state index in [4.69, 9.17) is 11.6 Å². The molecule has 1 N–H and O–H groups in total. The van der Waals surface area contributed by atoms with Crippen molar-refractivity contribution in [2.24, 2.45) is 17.3 Å². The first-order valence-corrected chi connectivity index (χ1v) is 12.8. The lowest BCUT2D eigenvalue weighted by Gasteiger charge is -2.34. The van der Waals surface area contributed by atoms with Crippen molar-refractivity contribution in [2.45, 2.75) is 59.8 Å². The van der Waals surface area contributed by atoms with E-state index in [1.807, 2.05) is 4.90 Å². The van der Waals surface area contributed by atoms with Crippen molar-refractivity contribution in [3.8, 4) is 0 Å². The van der Waals surface area contributed by atoms with Crippen LogP contribution in [0.2, 0.25) is 5.02 Å². The Labute approximate surface area is 200 Å². The summed E-state index contributed by atoms with van der Waals surface area (Å²) >= 11 is 7.58. The summed E-state index contributed by atoms with van der Waals surface area (Å²) in [5.41, 5.74) is 2.65. The maximum absolute atomic E-state index is 13.7. The maximum atomic E-state index is 13.7. The second-order valence-electron chi connectivity index (χ2n) is 10.5. The molecule has 4 nitrogen and oxygen atoms in total. The molecular weight excluding hydrogens is 440 g/mol. The van der Waals surface area contributed by atoms with E-state index in [9.17, 15) is 9.59 Å². The van der Waals surface area contributed by atoms with Crippen LogP contribution in [0, 0.1) is 17.3 Å². The Bertz CT molecular complexity index is 1010. The van der Waals surface area contributed by atoms with Gasteiger partial charge in [0, 0.05) is 28.6 Å². The minimum absolute atomic E-state index is 0.0784. The highest BCUT2D eigenvalue weighted by molar-refractivity contribution is 7.17. The molecule has 1 aromatic heterocycles. The van der Waals surface area contributed by atoms with E-state index in [-0.39, 0.29) is 17.2 Å². The van der Waals surface area contributed by atoms with Gasteiger partial charge in [0.15, 0.2) is 0 Å². The molecule has 0 saturated carbocycles. The smallest absolute Gasteiger partial charge is 0.257 e. The lowest BCUT2D eigenvalue weighted by atomic mass is 9.72. The van der Waals surface area contributed by atoms with E-state index in [1.54, 1.807) is 35.6 Å². The number of anilines is 1. The van der Waals surface area contributed by atoms with Crippen molar-refractivity contribution >= 4 is 39.8 Å². The van der Waals surface area contributed by atoms with E-state index in [0.29, 0.717) is 27.4 Å². The minimum Gasteiger partial charge on any atom is -0.338 e. The average Bonchev–Trinajstić information content (AvgIpc) is 3.10. The van der Waals surface area contributed by atoms with E-state index in [2.05, 4.69) is 33.0 Å². The number of amides is 2. The van der Waals surface area contributed by atoms with Crippen molar-refractivity contribution in [2.75, 3.05) is 18.4 Å². The van der Waals surface area contributed by atoms with Crippen molar-refractivity contribution in [3.05, 3.63) is 50.9 Å². The van der Waals surface area contributed by atoms with Crippen LogP contribution in [0.3, 0.4) is 0 Å². The highest BCUT2D eigenvalue weighted by atomic mass is 35.5. The van der Waals surface area contributed by atoms with Crippen LogP contribution >= 0.6 is 22.9 Å². The van der Waals surface area contributed by atoms with E-state index >= 15 is 0 Å². The Morgan fingerprint density at radius 3 is 2.53 bits per heavy atom. The highest BCUT2D eigenvalue weighted by Gasteiger charge is 2.35. The predicted octanol–water partition coefficient (Wildman–Crippen LogP) is 6.68. The van der Waals surface area contributed by atoms with Crippen molar-refractivity contribution in [1.82, 2.24) is 4.90 Å². The number of rotatable bonds is 3. The maximum Gasteiger partial charge on any atom is 0.257 e. The third-order valence-corrected chi connectivity index (χ3v) is 8.40. The monoisotopic (exact) mass is 472 g/mol. The highest BCUT2D eigenvalue weighted by Crippen LogP contribution is 2.45. The van der Waals surface area contributed by atoms with Gasteiger partial charge in [0.1, 0.15) is 5.00 Å². The van der Waals surface area contributed by atoms with E-state index < -0.39 is 0 Å². The molecule has 1 fully saturated rings. The Balaban J connectivity index is 1.68. The molecule has 0 bridgehead atoms. The van der Waals surface area contributed by atoms with Crippen LogP contribution in [0.5, 0.6) is 0 Å². The van der Waals surface area contributed by atoms with Gasteiger partial charge in [0.05, 0.1) is 5.56 Å². The number of nitrogens with zero attached hydrogens (tertiary/aromatic N) is 1.